The zero-order valence-corrected chi connectivity index (χ0v) is 11.6. The predicted octanol–water partition coefficient (Wildman–Crippen LogP) is 1.16. The molecule has 6 heteroatoms. The van der Waals surface area contributed by atoms with E-state index in [2.05, 4.69) is 32.9 Å². The third-order valence-corrected chi connectivity index (χ3v) is 3.74. The molecule has 0 saturated carbocycles. The Balaban J connectivity index is 2.28. The first-order valence-corrected chi connectivity index (χ1v) is 6.51. The summed E-state index contributed by atoms with van der Waals surface area (Å²) in [5.74, 6) is 0. The molecule has 2 rings (SSSR count). The van der Waals surface area contributed by atoms with Gasteiger partial charge in [-0.05, 0) is 22.4 Å². The van der Waals surface area contributed by atoms with Crippen molar-refractivity contribution < 1.29 is 4.74 Å². The third kappa shape index (κ3) is 2.52. The van der Waals surface area contributed by atoms with Crippen LogP contribution < -0.4 is 10.5 Å². The molecule has 1 aromatic heterocycles. The fraction of sp³-hybridized carbons (Fsp3) is 0.636. The van der Waals surface area contributed by atoms with Crippen LogP contribution in [-0.2, 0) is 11.8 Å². The SMILES string of the molecule is CC[C@H]1CN(c2cnn(C)c(=O)c2Br)CCO1. The zero-order valence-electron chi connectivity index (χ0n) is 10.0. The molecule has 0 aromatic carbocycles. The van der Waals surface area contributed by atoms with Gasteiger partial charge in [-0.2, -0.15) is 5.10 Å². The van der Waals surface area contributed by atoms with Crippen LogP contribution in [0.4, 0.5) is 5.69 Å². The van der Waals surface area contributed by atoms with Gasteiger partial charge in [0.05, 0.1) is 24.6 Å². The first kappa shape index (κ1) is 12.6. The Hall–Kier alpha value is -0.880. The van der Waals surface area contributed by atoms with E-state index in [9.17, 15) is 4.79 Å². The number of hydrogen-bond donors (Lipinski definition) is 0. The van der Waals surface area contributed by atoms with Crippen molar-refractivity contribution in [3.8, 4) is 0 Å². The Bertz CT molecular complexity index is 461. The number of aromatic nitrogens is 2. The van der Waals surface area contributed by atoms with Crippen LogP contribution in [0.25, 0.3) is 0 Å². The van der Waals surface area contributed by atoms with Gasteiger partial charge in [-0.1, -0.05) is 6.92 Å². The van der Waals surface area contributed by atoms with E-state index in [0.29, 0.717) is 11.1 Å². The second kappa shape index (κ2) is 5.18. The van der Waals surface area contributed by atoms with E-state index in [-0.39, 0.29) is 11.7 Å². The molecule has 1 aromatic rings. The fourth-order valence-electron chi connectivity index (χ4n) is 1.91. The number of aryl methyl sites for hydroxylation is 1. The maximum atomic E-state index is 11.8. The highest BCUT2D eigenvalue weighted by Gasteiger charge is 2.22. The zero-order chi connectivity index (χ0) is 12.4. The summed E-state index contributed by atoms with van der Waals surface area (Å²) in [6.07, 6.45) is 2.94. The van der Waals surface area contributed by atoms with Crippen LogP contribution in [-0.4, -0.2) is 35.6 Å². The van der Waals surface area contributed by atoms with E-state index < -0.39 is 0 Å². The van der Waals surface area contributed by atoms with Gasteiger partial charge in [0.1, 0.15) is 4.47 Å². The van der Waals surface area contributed by atoms with E-state index in [4.69, 9.17) is 4.74 Å². The number of rotatable bonds is 2. The Morgan fingerprint density at radius 1 is 1.65 bits per heavy atom. The van der Waals surface area contributed by atoms with Gasteiger partial charge in [-0.3, -0.25) is 4.79 Å². The number of halogens is 1. The molecule has 0 N–H and O–H groups in total. The van der Waals surface area contributed by atoms with Crippen LogP contribution in [0.15, 0.2) is 15.5 Å². The second-order valence-corrected chi connectivity index (χ2v) is 4.91. The number of hydrogen-bond acceptors (Lipinski definition) is 4. The molecule has 0 spiro atoms. The van der Waals surface area contributed by atoms with Gasteiger partial charge in [0.25, 0.3) is 5.56 Å². The van der Waals surface area contributed by atoms with Crippen LogP contribution in [0, 0.1) is 0 Å². The second-order valence-electron chi connectivity index (χ2n) is 4.12. The minimum absolute atomic E-state index is 0.109. The predicted molar refractivity (Wildman–Crippen MR) is 69.4 cm³/mol. The molecule has 0 amide bonds. The number of nitrogens with zero attached hydrogens (tertiary/aromatic N) is 3. The molecular formula is C11H16BrN3O2. The summed E-state index contributed by atoms with van der Waals surface area (Å²) in [5.41, 5.74) is 0.747. The molecule has 1 saturated heterocycles. The van der Waals surface area contributed by atoms with Crippen molar-refractivity contribution in [3.05, 3.63) is 21.0 Å². The molecule has 1 fully saturated rings. The van der Waals surface area contributed by atoms with Gasteiger partial charge in [-0.25, -0.2) is 4.68 Å². The molecule has 2 heterocycles. The molecule has 17 heavy (non-hydrogen) atoms. The van der Waals surface area contributed by atoms with E-state index in [1.807, 2.05) is 0 Å². The van der Waals surface area contributed by atoms with Crippen LogP contribution >= 0.6 is 15.9 Å². The molecule has 0 aliphatic carbocycles. The molecule has 0 radical (unpaired) electrons. The van der Waals surface area contributed by atoms with Crippen molar-refractivity contribution in [2.24, 2.45) is 7.05 Å². The van der Waals surface area contributed by atoms with Gasteiger partial charge >= 0.3 is 0 Å². The van der Waals surface area contributed by atoms with Gasteiger partial charge in [-0.15, -0.1) is 0 Å². The lowest BCUT2D eigenvalue weighted by Crippen LogP contribution is -2.43. The Labute approximate surface area is 109 Å². The van der Waals surface area contributed by atoms with E-state index >= 15 is 0 Å². The largest absolute Gasteiger partial charge is 0.375 e. The highest BCUT2D eigenvalue weighted by Crippen LogP contribution is 2.23. The quantitative estimate of drug-likeness (QED) is 0.822. The summed E-state index contributed by atoms with van der Waals surface area (Å²) >= 11 is 3.35. The number of anilines is 1. The number of morpholine rings is 1. The Kier molecular flexibility index (Phi) is 3.83. The standard InChI is InChI=1S/C11H16BrN3O2/c1-3-8-7-15(4-5-17-8)9-6-13-14(2)11(16)10(9)12/h6,8H,3-5,7H2,1-2H3/t8-/m0/s1. The summed E-state index contributed by atoms with van der Waals surface area (Å²) in [6, 6.07) is 0. The molecule has 1 atom stereocenters. The van der Waals surface area contributed by atoms with Crippen LogP contribution in [0.5, 0.6) is 0 Å². The van der Waals surface area contributed by atoms with Crippen molar-refractivity contribution in [3.63, 3.8) is 0 Å². The van der Waals surface area contributed by atoms with Crippen molar-refractivity contribution in [1.29, 1.82) is 0 Å². The maximum absolute atomic E-state index is 11.8. The fourth-order valence-corrected chi connectivity index (χ4v) is 2.52. The maximum Gasteiger partial charge on any atom is 0.282 e. The van der Waals surface area contributed by atoms with E-state index in [0.717, 1.165) is 25.2 Å². The monoisotopic (exact) mass is 301 g/mol. The first-order valence-electron chi connectivity index (χ1n) is 5.71. The summed E-state index contributed by atoms with van der Waals surface area (Å²) in [4.78, 5) is 13.9. The molecular weight excluding hydrogens is 286 g/mol. The lowest BCUT2D eigenvalue weighted by atomic mass is 10.2. The van der Waals surface area contributed by atoms with Gasteiger partial charge in [0, 0.05) is 20.1 Å². The molecule has 0 unspecified atom stereocenters. The van der Waals surface area contributed by atoms with Crippen LogP contribution in [0.2, 0.25) is 0 Å². The molecule has 1 aliphatic heterocycles. The molecule has 0 bridgehead atoms. The lowest BCUT2D eigenvalue weighted by Gasteiger charge is -2.34. The molecule has 94 valence electrons. The molecule has 5 nitrogen and oxygen atoms in total. The number of ether oxygens (including phenoxy) is 1. The lowest BCUT2D eigenvalue weighted by molar-refractivity contribution is 0.0383. The average Bonchev–Trinajstić information content (AvgIpc) is 2.36. The normalized spacial score (nSPS) is 20.6. The summed E-state index contributed by atoms with van der Waals surface area (Å²) < 4.78 is 7.51. The smallest absolute Gasteiger partial charge is 0.282 e. The van der Waals surface area contributed by atoms with Crippen molar-refractivity contribution in [2.75, 3.05) is 24.6 Å². The van der Waals surface area contributed by atoms with Crippen molar-refractivity contribution >= 4 is 21.6 Å². The van der Waals surface area contributed by atoms with Crippen LogP contribution in [0.1, 0.15) is 13.3 Å². The minimum Gasteiger partial charge on any atom is -0.375 e. The minimum atomic E-state index is -0.109. The Morgan fingerprint density at radius 3 is 3.12 bits per heavy atom. The van der Waals surface area contributed by atoms with Gasteiger partial charge in [0.2, 0.25) is 0 Å². The van der Waals surface area contributed by atoms with Crippen LogP contribution in [0.3, 0.4) is 0 Å². The molecule has 1 aliphatic rings. The summed E-state index contributed by atoms with van der Waals surface area (Å²) in [7, 11) is 1.64. The highest BCUT2D eigenvalue weighted by atomic mass is 79.9. The third-order valence-electron chi connectivity index (χ3n) is 2.99. The Morgan fingerprint density at radius 2 is 2.41 bits per heavy atom. The highest BCUT2D eigenvalue weighted by molar-refractivity contribution is 9.10. The van der Waals surface area contributed by atoms with Gasteiger partial charge < -0.3 is 9.64 Å². The van der Waals surface area contributed by atoms with Gasteiger partial charge in [0.15, 0.2) is 0 Å². The van der Waals surface area contributed by atoms with E-state index in [1.165, 1.54) is 4.68 Å². The average molecular weight is 302 g/mol. The van der Waals surface area contributed by atoms with Crippen molar-refractivity contribution in [2.45, 2.75) is 19.4 Å². The van der Waals surface area contributed by atoms with E-state index in [1.54, 1.807) is 13.2 Å². The summed E-state index contributed by atoms with van der Waals surface area (Å²) in [5, 5.41) is 4.06. The van der Waals surface area contributed by atoms with Crippen molar-refractivity contribution in [1.82, 2.24) is 9.78 Å². The first-order chi connectivity index (χ1) is 8.13. The summed E-state index contributed by atoms with van der Waals surface area (Å²) in [6.45, 7) is 4.40. The topological polar surface area (TPSA) is 47.4 Å².